The van der Waals surface area contributed by atoms with Crippen LogP contribution in [0.15, 0.2) is 53.3 Å². The van der Waals surface area contributed by atoms with Gasteiger partial charge < -0.3 is 9.47 Å². The van der Waals surface area contributed by atoms with Crippen molar-refractivity contribution in [1.29, 1.82) is 0 Å². The Morgan fingerprint density at radius 3 is 2.67 bits per heavy atom. The summed E-state index contributed by atoms with van der Waals surface area (Å²) in [6.45, 7) is -0.307. The lowest BCUT2D eigenvalue weighted by Gasteiger charge is -2.08. The van der Waals surface area contributed by atoms with Crippen molar-refractivity contribution in [2.45, 2.75) is 0 Å². The summed E-state index contributed by atoms with van der Waals surface area (Å²) in [5.74, 6) is -0.276. The maximum atomic E-state index is 13.0. The molecule has 24 heavy (non-hydrogen) atoms. The van der Waals surface area contributed by atoms with Crippen LogP contribution in [-0.2, 0) is 4.79 Å². The molecular weight excluding hydrogens is 383 g/mol. The molecule has 0 amide bonds. The standard InChI is InChI=1S/C15H10BrFN4O3/c16-13-7-10(17)1-6-14(13)23-8-15(22)24-12-4-2-11(3-5-12)21-9-18-19-20-21/h1-7,9H,8H2. The third-order valence-corrected chi connectivity index (χ3v) is 3.54. The van der Waals surface area contributed by atoms with Crippen LogP contribution in [0.1, 0.15) is 0 Å². The molecule has 0 atom stereocenters. The van der Waals surface area contributed by atoms with E-state index in [1.54, 1.807) is 24.3 Å². The van der Waals surface area contributed by atoms with Crippen LogP contribution >= 0.6 is 15.9 Å². The van der Waals surface area contributed by atoms with Crippen molar-refractivity contribution in [3.63, 3.8) is 0 Å². The van der Waals surface area contributed by atoms with Gasteiger partial charge in [0, 0.05) is 0 Å². The molecule has 3 aromatic rings. The monoisotopic (exact) mass is 392 g/mol. The van der Waals surface area contributed by atoms with E-state index in [2.05, 4.69) is 31.5 Å². The first-order valence-corrected chi connectivity index (χ1v) is 7.53. The highest BCUT2D eigenvalue weighted by Gasteiger charge is 2.09. The highest BCUT2D eigenvalue weighted by molar-refractivity contribution is 9.10. The van der Waals surface area contributed by atoms with Gasteiger partial charge in [-0.3, -0.25) is 0 Å². The lowest BCUT2D eigenvalue weighted by molar-refractivity contribution is -0.136. The third-order valence-electron chi connectivity index (χ3n) is 2.92. The summed E-state index contributed by atoms with van der Waals surface area (Å²) >= 11 is 3.16. The number of aromatic nitrogens is 4. The molecule has 0 radical (unpaired) electrons. The zero-order chi connectivity index (χ0) is 16.9. The van der Waals surface area contributed by atoms with E-state index in [0.717, 1.165) is 5.69 Å². The van der Waals surface area contributed by atoms with Gasteiger partial charge in [-0.15, -0.1) is 5.10 Å². The molecule has 1 heterocycles. The van der Waals surface area contributed by atoms with Crippen LogP contribution in [-0.4, -0.2) is 32.8 Å². The van der Waals surface area contributed by atoms with E-state index < -0.39 is 11.8 Å². The van der Waals surface area contributed by atoms with Crippen LogP contribution in [0.2, 0.25) is 0 Å². The molecule has 0 spiro atoms. The molecule has 1 aromatic heterocycles. The maximum Gasteiger partial charge on any atom is 0.349 e. The first-order valence-electron chi connectivity index (χ1n) is 6.74. The minimum Gasteiger partial charge on any atom is -0.481 e. The van der Waals surface area contributed by atoms with Gasteiger partial charge in [-0.1, -0.05) is 0 Å². The molecule has 0 fully saturated rings. The topological polar surface area (TPSA) is 79.1 Å². The van der Waals surface area contributed by atoms with E-state index in [4.69, 9.17) is 9.47 Å². The first kappa shape index (κ1) is 16.1. The molecule has 122 valence electrons. The van der Waals surface area contributed by atoms with E-state index in [1.165, 1.54) is 29.2 Å². The van der Waals surface area contributed by atoms with Crippen LogP contribution in [0.25, 0.3) is 5.69 Å². The minimum atomic E-state index is -0.582. The number of carbonyl (C=O) groups is 1. The van der Waals surface area contributed by atoms with Crippen molar-refractivity contribution >= 4 is 21.9 Å². The van der Waals surface area contributed by atoms with Gasteiger partial charge in [0.25, 0.3) is 0 Å². The van der Waals surface area contributed by atoms with Gasteiger partial charge in [-0.05, 0) is 68.8 Å². The van der Waals surface area contributed by atoms with Crippen molar-refractivity contribution in [3.8, 4) is 17.2 Å². The zero-order valence-electron chi connectivity index (χ0n) is 12.1. The number of benzene rings is 2. The van der Waals surface area contributed by atoms with Gasteiger partial charge in [0.15, 0.2) is 6.61 Å². The summed E-state index contributed by atoms with van der Waals surface area (Å²) in [5, 5.41) is 10.8. The summed E-state index contributed by atoms with van der Waals surface area (Å²) in [5.41, 5.74) is 0.728. The maximum absolute atomic E-state index is 13.0. The second-order valence-electron chi connectivity index (χ2n) is 4.59. The summed E-state index contributed by atoms with van der Waals surface area (Å²) in [7, 11) is 0. The molecule has 3 rings (SSSR count). The molecule has 0 N–H and O–H groups in total. The number of esters is 1. The first-order chi connectivity index (χ1) is 11.6. The van der Waals surface area contributed by atoms with Crippen molar-refractivity contribution < 1.29 is 18.7 Å². The van der Waals surface area contributed by atoms with Crippen LogP contribution in [0.4, 0.5) is 4.39 Å². The van der Waals surface area contributed by atoms with Crippen LogP contribution in [0.3, 0.4) is 0 Å². The van der Waals surface area contributed by atoms with E-state index in [9.17, 15) is 9.18 Å². The SMILES string of the molecule is O=C(COc1ccc(F)cc1Br)Oc1ccc(-n2cnnn2)cc1. The average Bonchev–Trinajstić information content (AvgIpc) is 3.09. The summed E-state index contributed by atoms with van der Waals surface area (Å²) in [6, 6.07) is 10.5. The minimum absolute atomic E-state index is 0.307. The van der Waals surface area contributed by atoms with Crippen molar-refractivity contribution in [2.24, 2.45) is 0 Å². The Balaban J connectivity index is 1.56. The Bertz CT molecular complexity index is 840. The Morgan fingerprint density at radius 2 is 2.00 bits per heavy atom. The number of hydrogen-bond donors (Lipinski definition) is 0. The van der Waals surface area contributed by atoms with Gasteiger partial charge >= 0.3 is 5.97 Å². The number of halogens is 2. The lowest BCUT2D eigenvalue weighted by atomic mass is 10.3. The molecule has 7 nitrogen and oxygen atoms in total. The number of ether oxygens (including phenoxy) is 2. The van der Waals surface area contributed by atoms with Gasteiger partial charge in [-0.2, -0.15) is 0 Å². The predicted octanol–water partition coefficient (Wildman–Crippen LogP) is 2.55. The summed E-state index contributed by atoms with van der Waals surface area (Å²) in [4.78, 5) is 11.8. The molecule has 0 saturated heterocycles. The smallest absolute Gasteiger partial charge is 0.349 e. The van der Waals surface area contributed by atoms with Crippen LogP contribution < -0.4 is 9.47 Å². The molecular formula is C15H10BrFN4O3. The van der Waals surface area contributed by atoms with Gasteiger partial charge in [-0.25, -0.2) is 13.9 Å². The van der Waals surface area contributed by atoms with Gasteiger partial charge in [0.05, 0.1) is 10.2 Å². The lowest BCUT2D eigenvalue weighted by Crippen LogP contribution is -2.17. The number of hydrogen-bond acceptors (Lipinski definition) is 6. The number of carbonyl (C=O) groups excluding carboxylic acids is 1. The van der Waals surface area contributed by atoms with Crippen LogP contribution in [0, 0.1) is 5.82 Å². The fourth-order valence-corrected chi connectivity index (χ4v) is 2.30. The van der Waals surface area contributed by atoms with Crippen LogP contribution in [0.5, 0.6) is 11.5 Å². The number of rotatable bonds is 5. The zero-order valence-corrected chi connectivity index (χ0v) is 13.7. The second kappa shape index (κ2) is 7.18. The fraction of sp³-hybridized carbons (Fsp3) is 0.0667. The molecule has 0 aliphatic heterocycles. The molecule has 9 heteroatoms. The molecule has 2 aromatic carbocycles. The Kier molecular flexibility index (Phi) is 4.80. The fourth-order valence-electron chi connectivity index (χ4n) is 1.84. The Morgan fingerprint density at radius 1 is 1.21 bits per heavy atom. The summed E-state index contributed by atoms with van der Waals surface area (Å²) in [6.07, 6.45) is 1.45. The quantitative estimate of drug-likeness (QED) is 0.490. The predicted molar refractivity (Wildman–Crippen MR) is 84.4 cm³/mol. The van der Waals surface area contributed by atoms with Crippen molar-refractivity contribution in [3.05, 3.63) is 59.1 Å². The number of tetrazole rings is 1. The van der Waals surface area contributed by atoms with Gasteiger partial charge in [0.1, 0.15) is 23.6 Å². The van der Waals surface area contributed by atoms with Crippen molar-refractivity contribution in [1.82, 2.24) is 20.2 Å². The molecule has 0 aliphatic rings. The molecule has 0 saturated carbocycles. The Hall–Kier alpha value is -2.81. The average molecular weight is 393 g/mol. The van der Waals surface area contributed by atoms with Gasteiger partial charge in [0.2, 0.25) is 0 Å². The van der Waals surface area contributed by atoms with Crippen molar-refractivity contribution in [2.75, 3.05) is 6.61 Å². The third kappa shape index (κ3) is 3.93. The summed E-state index contributed by atoms with van der Waals surface area (Å²) < 4.78 is 25.3. The van der Waals surface area contributed by atoms with E-state index in [0.29, 0.717) is 16.0 Å². The second-order valence-corrected chi connectivity index (χ2v) is 5.44. The Labute approximate surface area is 144 Å². The van der Waals surface area contributed by atoms with E-state index >= 15 is 0 Å². The highest BCUT2D eigenvalue weighted by atomic mass is 79.9. The van der Waals surface area contributed by atoms with E-state index in [1.807, 2.05) is 0 Å². The molecule has 0 aliphatic carbocycles. The highest BCUT2D eigenvalue weighted by Crippen LogP contribution is 2.25. The molecule has 0 unspecified atom stereocenters. The molecule has 0 bridgehead atoms. The normalized spacial score (nSPS) is 10.4. The largest absolute Gasteiger partial charge is 0.481 e. The van der Waals surface area contributed by atoms with E-state index in [-0.39, 0.29) is 6.61 Å². The number of nitrogens with zero attached hydrogens (tertiary/aromatic N) is 4.